The van der Waals surface area contributed by atoms with Crippen LogP contribution in [0, 0.1) is 0 Å². The van der Waals surface area contributed by atoms with Crippen molar-refractivity contribution in [3.05, 3.63) is 194 Å². The fraction of sp³-hybridized carbons (Fsp3) is 0.520. The molecule has 0 spiro atoms. The van der Waals surface area contributed by atoms with Gasteiger partial charge in [0.05, 0.1) is 6.61 Å². The number of aliphatic carboxylic acids is 1. The van der Waals surface area contributed by atoms with Crippen LogP contribution in [-0.2, 0) is 42.9 Å². The van der Waals surface area contributed by atoms with Crippen molar-refractivity contribution in [3.63, 3.8) is 0 Å². The average Bonchev–Trinajstić information content (AvgIpc) is 2.56. The van der Waals surface area contributed by atoms with Gasteiger partial charge in [0.2, 0.25) is 0 Å². The molecule has 0 saturated carbocycles. The molecule has 6 unspecified atom stereocenters. The third kappa shape index (κ3) is 49.3. The molecule has 6 atom stereocenters. The summed E-state index contributed by atoms with van der Waals surface area (Å²) >= 11 is 0. The van der Waals surface area contributed by atoms with Crippen LogP contribution >= 0.6 is 0 Å². The number of carboxylic acids is 1. The van der Waals surface area contributed by atoms with Crippen LogP contribution in [-0.4, -0.2) is 89.2 Å². The fourth-order valence-electron chi connectivity index (χ4n) is 8.33. The van der Waals surface area contributed by atoms with E-state index in [-0.39, 0.29) is 25.9 Å². The maximum atomic E-state index is 13.2. The zero-order valence-corrected chi connectivity index (χ0v) is 53.2. The Morgan fingerprint density at radius 1 is 0.379 bits per heavy atom. The highest BCUT2D eigenvalue weighted by Gasteiger charge is 2.50. The molecule has 0 aromatic heterocycles. The third-order valence-electron chi connectivity index (χ3n) is 13.2. The fourth-order valence-corrected chi connectivity index (χ4v) is 8.33. The van der Waals surface area contributed by atoms with Gasteiger partial charge >= 0.3 is 23.9 Å². The molecule has 1 heterocycles. The van der Waals surface area contributed by atoms with E-state index in [1.807, 2.05) is 12.2 Å². The van der Waals surface area contributed by atoms with Gasteiger partial charge in [-0.3, -0.25) is 14.4 Å². The molecular weight excluding hydrogens is 1090 g/mol. The van der Waals surface area contributed by atoms with E-state index in [9.17, 15) is 34.5 Å². The SMILES string of the molecule is CC/C=C\C/C=C\C/C=C\C/C=C\C/C=C\C/C=C\CCC(=O)OCC(COC1OC(C(=O)O)C(O)C(O)C1OC(=O)CCCCC/C=C\C/C=C\C/C=C\C/C=C\C/C=C\CC)OC(=O)CCCCC/C=C\C/C=C\C/C=C\C/C=C\C/C=C\CC. The van der Waals surface area contributed by atoms with Gasteiger partial charge in [0.15, 0.2) is 24.6 Å². The van der Waals surface area contributed by atoms with Crippen LogP contribution in [0.3, 0.4) is 0 Å². The van der Waals surface area contributed by atoms with Crippen molar-refractivity contribution in [1.82, 2.24) is 0 Å². The first-order chi connectivity index (χ1) is 42.6. The Balaban J connectivity index is 2.78. The predicted molar refractivity (Wildman–Crippen MR) is 358 cm³/mol. The first kappa shape index (κ1) is 78.6. The van der Waals surface area contributed by atoms with E-state index in [1.165, 1.54) is 0 Å². The number of aliphatic hydroxyl groups excluding tert-OH is 2. The average molecular weight is 1200 g/mol. The van der Waals surface area contributed by atoms with Gasteiger partial charge in [0.25, 0.3) is 0 Å². The Morgan fingerprint density at radius 3 is 1.07 bits per heavy atom. The number of hydrogen-bond donors (Lipinski definition) is 3. The summed E-state index contributed by atoms with van der Waals surface area (Å²) in [4.78, 5) is 51.4. The number of aliphatic hydroxyl groups is 2. The topological polar surface area (TPSA) is 175 Å². The second kappa shape index (κ2) is 59.9. The number of hydrogen-bond acceptors (Lipinski definition) is 11. The minimum Gasteiger partial charge on any atom is -0.479 e. The summed E-state index contributed by atoms with van der Waals surface area (Å²) in [5, 5.41) is 31.6. The van der Waals surface area contributed by atoms with Crippen LogP contribution < -0.4 is 0 Å². The second-order valence-corrected chi connectivity index (χ2v) is 20.9. The molecular formula is C75H110O12. The zero-order chi connectivity index (χ0) is 63.1. The van der Waals surface area contributed by atoms with Crippen LogP contribution in [0.5, 0.6) is 0 Å². The number of carboxylic acid groups (broad SMARTS) is 1. The lowest BCUT2D eigenvalue weighted by atomic mass is 9.98. The maximum absolute atomic E-state index is 13.2. The number of esters is 3. The minimum atomic E-state index is -1.94. The van der Waals surface area contributed by atoms with Crippen LogP contribution in [0.1, 0.15) is 201 Å². The molecule has 1 saturated heterocycles. The van der Waals surface area contributed by atoms with Crippen molar-refractivity contribution in [1.29, 1.82) is 0 Å². The summed E-state index contributed by atoms with van der Waals surface area (Å²) in [5.74, 6) is -3.36. The number of carbonyl (C=O) groups is 4. The number of rotatable bonds is 52. The largest absolute Gasteiger partial charge is 0.479 e. The van der Waals surface area contributed by atoms with Crippen LogP contribution in [0.25, 0.3) is 0 Å². The smallest absolute Gasteiger partial charge is 0.335 e. The molecule has 0 radical (unpaired) electrons. The molecule has 0 bridgehead atoms. The number of unbranched alkanes of at least 4 members (excludes halogenated alkanes) is 6. The standard InChI is InChI=1S/C75H110O12/c1-4-7-10-13-16-19-22-25-28-31-34-37-40-43-46-49-52-55-58-61-67(76)83-64-66(85-68(77)62-59-56-53-50-47-44-41-38-35-32-29-26-23-20-17-14-11-8-5-2)65-84-75-73(71(80)70(79)72(87-75)74(81)82)86-69(78)63-60-57-54-51-48-45-42-39-36-33-30-27-24-21-18-15-12-9-6-3/h7-12,16-21,25-30,34-39,43-48,52,55,66,70-73,75,79-80H,4-6,13-15,22-24,31-33,40-42,49-51,53-54,56-65H2,1-3H3,(H,81,82)/b10-7-,11-8-,12-9-,19-16-,20-17-,21-18-,28-25-,29-26-,30-27-,37-34-,38-35-,39-36-,46-43-,47-44-,48-45-,55-52-. The summed E-state index contributed by atoms with van der Waals surface area (Å²) in [7, 11) is 0. The number of allylic oxidation sites excluding steroid dienone is 32. The Hall–Kier alpha value is -6.44. The predicted octanol–water partition coefficient (Wildman–Crippen LogP) is 17.8. The lowest BCUT2D eigenvalue weighted by Crippen LogP contribution is -2.61. The van der Waals surface area contributed by atoms with E-state index in [0.717, 1.165) is 135 Å². The Labute approximate surface area is 524 Å². The molecule has 0 amide bonds. The summed E-state index contributed by atoms with van der Waals surface area (Å²) in [6.07, 6.45) is 79.7. The molecule has 0 aliphatic carbocycles. The normalized spacial score (nSPS) is 18.7. The highest BCUT2D eigenvalue weighted by atomic mass is 16.7. The maximum Gasteiger partial charge on any atom is 0.335 e. The van der Waals surface area contributed by atoms with E-state index < -0.39 is 67.3 Å². The molecule has 1 fully saturated rings. The quantitative estimate of drug-likeness (QED) is 0.0228. The monoisotopic (exact) mass is 1200 g/mol. The van der Waals surface area contributed by atoms with Gasteiger partial charge in [-0.15, -0.1) is 0 Å². The van der Waals surface area contributed by atoms with Crippen LogP contribution in [0.4, 0.5) is 0 Å². The van der Waals surface area contributed by atoms with Crippen LogP contribution in [0.15, 0.2) is 194 Å². The van der Waals surface area contributed by atoms with E-state index in [1.54, 1.807) is 0 Å². The molecule has 3 N–H and O–H groups in total. The summed E-state index contributed by atoms with van der Waals surface area (Å²) < 4.78 is 28.4. The molecule has 87 heavy (non-hydrogen) atoms. The van der Waals surface area contributed by atoms with Crippen molar-refractivity contribution < 1.29 is 58.2 Å². The molecule has 12 heteroatoms. The molecule has 0 aromatic carbocycles. The van der Waals surface area contributed by atoms with Crippen molar-refractivity contribution in [2.24, 2.45) is 0 Å². The Bertz CT molecular complexity index is 2260. The van der Waals surface area contributed by atoms with E-state index >= 15 is 0 Å². The molecule has 0 aromatic rings. The molecule has 1 aliphatic heterocycles. The number of ether oxygens (including phenoxy) is 5. The highest BCUT2D eigenvalue weighted by Crippen LogP contribution is 2.26. The van der Waals surface area contributed by atoms with Gasteiger partial charge in [-0.2, -0.15) is 0 Å². The Kier molecular flexibility index (Phi) is 54.1. The van der Waals surface area contributed by atoms with Crippen molar-refractivity contribution in [3.8, 4) is 0 Å². The highest BCUT2D eigenvalue weighted by molar-refractivity contribution is 5.74. The summed E-state index contributed by atoms with van der Waals surface area (Å²) in [6.45, 7) is 5.53. The van der Waals surface area contributed by atoms with Crippen molar-refractivity contribution in [2.45, 2.75) is 237 Å². The van der Waals surface area contributed by atoms with Gasteiger partial charge in [-0.1, -0.05) is 228 Å². The Morgan fingerprint density at radius 2 is 0.713 bits per heavy atom. The lowest BCUT2D eigenvalue weighted by Gasteiger charge is -2.40. The molecule has 1 rings (SSSR count). The third-order valence-corrected chi connectivity index (χ3v) is 13.2. The summed E-state index contributed by atoms with van der Waals surface area (Å²) in [5.41, 5.74) is 0. The zero-order valence-electron chi connectivity index (χ0n) is 53.2. The first-order valence-electron chi connectivity index (χ1n) is 32.4. The van der Waals surface area contributed by atoms with Gasteiger partial charge in [0.1, 0.15) is 18.8 Å². The van der Waals surface area contributed by atoms with Crippen molar-refractivity contribution >= 4 is 23.9 Å². The van der Waals surface area contributed by atoms with Crippen LogP contribution in [0.2, 0.25) is 0 Å². The second-order valence-electron chi connectivity index (χ2n) is 20.9. The number of carbonyl (C=O) groups excluding carboxylic acids is 3. The van der Waals surface area contributed by atoms with E-state index in [4.69, 9.17) is 23.7 Å². The molecule has 482 valence electrons. The van der Waals surface area contributed by atoms with E-state index in [2.05, 4.69) is 203 Å². The van der Waals surface area contributed by atoms with Gasteiger partial charge in [0, 0.05) is 19.3 Å². The van der Waals surface area contributed by atoms with Gasteiger partial charge in [-0.25, -0.2) is 4.79 Å². The van der Waals surface area contributed by atoms with Crippen molar-refractivity contribution in [2.75, 3.05) is 13.2 Å². The van der Waals surface area contributed by atoms with Gasteiger partial charge < -0.3 is 39.0 Å². The molecule has 1 aliphatic rings. The minimum absolute atomic E-state index is 0.00284. The van der Waals surface area contributed by atoms with Gasteiger partial charge in [-0.05, 0) is 148 Å². The lowest BCUT2D eigenvalue weighted by molar-refractivity contribution is -0.301. The first-order valence-corrected chi connectivity index (χ1v) is 32.4. The summed E-state index contributed by atoms with van der Waals surface area (Å²) in [6, 6.07) is 0. The molecule has 12 nitrogen and oxygen atoms in total. The van der Waals surface area contributed by atoms with E-state index in [0.29, 0.717) is 25.7 Å².